The lowest BCUT2D eigenvalue weighted by atomic mass is 9.83. The van der Waals surface area contributed by atoms with Crippen LogP contribution in [0.1, 0.15) is 125 Å². The maximum Gasteiger partial charge on any atom is 0.224 e. The highest BCUT2D eigenvalue weighted by atomic mass is 35.5. The summed E-state index contributed by atoms with van der Waals surface area (Å²) in [5.74, 6) is -0.324. The number of amides is 2. The first-order valence-corrected chi connectivity index (χ1v) is 26.0. The van der Waals surface area contributed by atoms with Gasteiger partial charge in [-0.05, 0) is 92.3 Å². The first-order valence-electron chi connectivity index (χ1n) is 23.6. The van der Waals surface area contributed by atoms with Crippen LogP contribution in [0.5, 0.6) is 0 Å². The fraction of sp³-hybridized carbons (Fsp3) is 0.560. The van der Waals surface area contributed by atoms with Crippen molar-refractivity contribution in [3.63, 3.8) is 0 Å². The summed E-state index contributed by atoms with van der Waals surface area (Å²) < 4.78 is 0. The van der Waals surface area contributed by atoms with Crippen LogP contribution in [0, 0.1) is 37.5 Å². The third kappa shape index (κ3) is 16.0. The number of azide groups is 1. The zero-order chi connectivity index (χ0) is 47.6. The van der Waals surface area contributed by atoms with E-state index in [1.807, 2.05) is 76.2 Å². The molecule has 0 aliphatic heterocycles. The standard InChI is InChI=1S/C25H32ClN5O2S.C25H34ClN3O2S/c1-3-21(32)13-19(25(33)30-22(15-28-31-27)17-8-5-4-6-9-17)14-23-29-16(2)24(34-23)18-10-7-11-20(26)12-18;1-3-21(30)13-19(25(31)29-22(15-27)17-8-5-4-6-9-17)14-23-28-16(2)24(32-23)18-10-7-11-20(26)12-18/h7,10-12,17,19,22H,3-6,8-9,13-15H2,1-2H3,(H,30,33);7,10-12,17,19,22H,3-6,8-9,13-15,27H2,1-2H3,(H,29,31)/t2*19-,22+/m00/s1. The molecule has 0 bridgehead atoms. The molecule has 16 heteroatoms. The number of ketones is 2. The summed E-state index contributed by atoms with van der Waals surface area (Å²) in [7, 11) is 0. The van der Waals surface area contributed by atoms with Crippen molar-refractivity contribution in [3.05, 3.63) is 90.4 Å². The summed E-state index contributed by atoms with van der Waals surface area (Å²) in [6.45, 7) is 8.23. The zero-order valence-electron chi connectivity index (χ0n) is 38.8. The number of thiazole rings is 2. The van der Waals surface area contributed by atoms with Gasteiger partial charge < -0.3 is 16.4 Å². The second-order valence-electron chi connectivity index (χ2n) is 17.7. The second kappa shape index (κ2) is 27.0. The predicted octanol–water partition coefficient (Wildman–Crippen LogP) is 12.0. The average Bonchev–Trinajstić information content (AvgIpc) is 3.89. The molecule has 2 aromatic carbocycles. The Bertz CT molecular complexity index is 2280. The fourth-order valence-electron chi connectivity index (χ4n) is 9.13. The van der Waals surface area contributed by atoms with Gasteiger partial charge in [0, 0.05) is 78.7 Å². The number of hydrogen-bond acceptors (Lipinski definition) is 10. The Labute approximate surface area is 408 Å². The second-order valence-corrected chi connectivity index (χ2v) is 20.8. The first-order chi connectivity index (χ1) is 31.8. The van der Waals surface area contributed by atoms with Crippen LogP contribution in [0.15, 0.2) is 53.6 Å². The molecule has 2 saturated carbocycles. The van der Waals surface area contributed by atoms with Gasteiger partial charge in [-0.2, -0.15) is 0 Å². The fourth-order valence-corrected chi connectivity index (χ4v) is 11.8. The van der Waals surface area contributed by atoms with Gasteiger partial charge in [0.1, 0.15) is 11.6 Å². The van der Waals surface area contributed by atoms with E-state index in [4.69, 9.17) is 44.4 Å². The molecule has 2 fully saturated rings. The van der Waals surface area contributed by atoms with Crippen LogP contribution >= 0.6 is 45.9 Å². The number of Topliss-reactive ketones (excluding diaryl/α,β-unsaturated/α-hetero) is 2. The normalized spacial score (nSPS) is 16.2. The summed E-state index contributed by atoms with van der Waals surface area (Å²) in [6.07, 6.45) is 13.4. The number of hydrogen-bond donors (Lipinski definition) is 3. The van der Waals surface area contributed by atoms with Gasteiger partial charge in [-0.15, -0.1) is 22.7 Å². The molecule has 2 aromatic heterocycles. The number of aromatic nitrogens is 2. The molecule has 356 valence electrons. The van der Waals surface area contributed by atoms with Gasteiger partial charge in [0.25, 0.3) is 0 Å². The molecule has 66 heavy (non-hydrogen) atoms. The molecule has 0 saturated heterocycles. The van der Waals surface area contributed by atoms with Crippen LogP contribution in [0.4, 0.5) is 0 Å². The van der Waals surface area contributed by atoms with Gasteiger partial charge in [0.05, 0.1) is 43.0 Å². The SMILES string of the molecule is CCC(=O)C[C@@H](Cc1nc(C)c(-c2cccc(Cl)c2)s1)C(=O)N[C@H](CN)C1CCCCC1.CCC(=O)C[C@@H](Cc1nc(C)c(-c2cccc(Cl)c2)s1)C(=O)N[C@H](CN=[N+]=[N-])C1CCCCC1. The highest BCUT2D eigenvalue weighted by molar-refractivity contribution is 7.15. The van der Waals surface area contributed by atoms with E-state index in [-0.39, 0.29) is 54.9 Å². The van der Waals surface area contributed by atoms with E-state index in [1.165, 1.54) is 37.0 Å². The zero-order valence-corrected chi connectivity index (χ0v) is 42.0. The minimum Gasteiger partial charge on any atom is -0.353 e. The number of aryl methyl sites for hydroxylation is 2. The molecule has 4 aromatic rings. The number of nitrogens with two attached hydrogens (primary N) is 1. The van der Waals surface area contributed by atoms with Gasteiger partial charge in [-0.3, -0.25) is 19.2 Å². The molecule has 2 aliphatic rings. The quantitative estimate of drug-likeness (QED) is 0.0420. The van der Waals surface area contributed by atoms with Crippen molar-refractivity contribution in [1.82, 2.24) is 20.6 Å². The highest BCUT2D eigenvalue weighted by Crippen LogP contribution is 2.35. The number of nitrogens with zero attached hydrogens (tertiary/aromatic N) is 5. The Kier molecular flexibility index (Phi) is 21.6. The van der Waals surface area contributed by atoms with Crippen LogP contribution in [0.2, 0.25) is 10.0 Å². The van der Waals surface area contributed by atoms with E-state index in [2.05, 4.69) is 20.7 Å². The number of rotatable bonds is 21. The smallest absolute Gasteiger partial charge is 0.224 e. The van der Waals surface area contributed by atoms with Crippen LogP contribution in [-0.4, -0.2) is 58.5 Å². The molecular formula is C50H66Cl2N8O4S2. The molecule has 6 rings (SSSR count). The summed E-state index contributed by atoms with van der Waals surface area (Å²) in [4.78, 5) is 65.6. The van der Waals surface area contributed by atoms with Crippen molar-refractivity contribution in [3.8, 4) is 20.9 Å². The Hall–Kier alpha value is -4.17. The van der Waals surface area contributed by atoms with Crippen LogP contribution in [0.3, 0.4) is 0 Å². The topological polar surface area (TPSA) is 193 Å². The summed E-state index contributed by atoms with van der Waals surface area (Å²) in [6, 6.07) is 15.1. The van der Waals surface area contributed by atoms with E-state index in [1.54, 1.807) is 11.3 Å². The van der Waals surface area contributed by atoms with Crippen LogP contribution in [-0.2, 0) is 32.0 Å². The van der Waals surface area contributed by atoms with E-state index in [0.29, 0.717) is 54.1 Å². The van der Waals surface area contributed by atoms with E-state index >= 15 is 0 Å². The van der Waals surface area contributed by atoms with Gasteiger partial charge in [-0.25, -0.2) is 9.97 Å². The molecule has 0 radical (unpaired) electrons. The van der Waals surface area contributed by atoms with E-state index in [9.17, 15) is 19.2 Å². The summed E-state index contributed by atoms with van der Waals surface area (Å²) in [5, 5.41) is 13.1. The molecule has 0 spiro atoms. The van der Waals surface area contributed by atoms with Crippen molar-refractivity contribution in [2.24, 2.45) is 34.5 Å². The van der Waals surface area contributed by atoms with Gasteiger partial charge >= 0.3 is 0 Å². The maximum atomic E-state index is 13.4. The molecule has 4 atom stereocenters. The van der Waals surface area contributed by atoms with Crippen molar-refractivity contribution in [2.45, 2.75) is 143 Å². The lowest BCUT2D eigenvalue weighted by molar-refractivity contribution is -0.130. The molecular weight excluding hydrogens is 912 g/mol. The third-order valence-electron chi connectivity index (χ3n) is 12.9. The largest absolute Gasteiger partial charge is 0.353 e. The summed E-state index contributed by atoms with van der Waals surface area (Å²) >= 11 is 15.4. The Balaban J connectivity index is 0.000000248. The molecule has 2 amide bonds. The van der Waals surface area contributed by atoms with Crippen molar-refractivity contribution >= 4 is 69.3 Å². The Morgan fingerprint density at radius 3 is 1.55 bits per heavy atom. The molecule has 4 N–H and O–H groups in total. The van der Waals surface area contributed by atoms with E-state index < -0.39 is 11.8 Å². The van der Waals surface area contributed by atoms with Crippen molar-refractivity contribution in [2.75, 3.05) is 13.1 Å². The molecule has 2 heterocycles. The number of benzene rings is 2. The Morgan fingerprint density at radius 2 is 1.15 bits per heavy atom. The molecule has 0 unspecified atom stereocenters. The lowest BCUT2D eigenvalue weighted by Crippen LogP contribution is -2.48. The third-order valence-corrected chi connectivity index (χ3v) is 15.8. The number of nitrogens with one attached hydrogen (secondary N) is 2. The average molecular weight is 978 g/mol. The van der Waals surface area contributed by atoms with Gasteiger partial charge in [0.15, 0.2) is 0 Å². The lowest BCUT2D eigenvalue weighted by Gasteiger charge is -2.31. The van der Waals surface area contributed by atoms with Crippen LogP contribution < -0.4 is 16.4 Å². The Morgan fingerprint density at radius 1 is 0.727 bits per heavy atom. The highest BCUT2D eigenvalue weighted by Gasteiger charge is 2.31. The molecule has 2 aliphatic carbocycles. The number of carbonyl (C=O) groups is 4. The minimum atomic E-state index is -0.512. The summed E-state index contributed by atoms with van der Waals surface area (Å²) in [5.41, 5.74) is 18.7. The number of carbonyl (C=O) groups excluding carboxylic acids is 4. The monoisotopic (exact) mass is 976 g/mol. The van der Waals surface area contributed by atoms with Crippen LogP contribution in [0.25, 0.3) is 31.3 Å². The first kappa shape index (κ1) is 52.8. The van der Waals surface area contributed by atoms with E-state index in [0.717, 1.165) is 80.8 Å². The minimum absolute atomic E-state index is 0.0259. The van der Waals surface area contributed by atoms with Gasteiger partial charge in [-0.1, -0.05) is 105 Å². The van der Waals surface area contributed by atoms with Crippen molar-refractivity contribution < 1.29 is 19.2 Å². The number of halogens is 2. The van der Waals surface area contributed by atoms with Crippen molar-refractivity contribution in [1.29, 1.82) is 0 Å². The van der Waals surface area contributed by atoms with Gasteiger partial charge in [0.2, 0.25) is 11.8 Å². The maximum absolute atomic E-state index is 13.4. The predicted molar refractivity (Wildman–Crippen MR) is 269 cm³/mol. The molecule has 12 nitrogen and oxygen atoms in total.